The predicted octanol–water partition coefficient (Wildman–Crippen LogP) is -3.26. The third-order valence-electron chi connectivity index (χ3n) is 19.5. The van der Waals surface area contributed by atoms with Gasteiger partial charge < -0.3 is 119 Å². The van der Waals surface area contributed by atoms with E-state index in [-0.39, 0.29) is 67.2 Å². The van der Waals surface area contributed by atoms with Gasteiger partial charge in [0.2, 0.25) is 0 Å². The van der Waals surface area contributed by atoms with E-state index in [1.807, 2.05) is 0 Å². The van der Waals surface area contributed by atoms with E-state index in [2.05, 4.69) is 27.7 Å². The highest BCUT2D eigenvalue weighted by atomic mass is 16.8. The number of hydrogen-bond donors (Lipinski definition) is 14. The molecule has 8 fully saturated rings. The quantitative estimate of drug-likeness (QED) is 0.0502. The summed E-state index contributed by atoms with van der Waals surface area (Å²) in [5.74, 6) is 1.83. The maximum atomic E-state index is 11.2. The van der Waals surface area contributed by atoms with Crippen LogP contribution in [-0.2, 0) is 47.4 Å². The molecule has 8 unspecified atom stereocenters. The summed E-state index contributed by atoms with van der Waals surface area (Å²) < 4.78 is 60.1. The normalized spacial score (nSPS) is 51.2. The van der Waals surface area contributed by atoms with Crippen LogP contribution in [0.2, 0.25) is 0 Å². The molecule has 4 saturated carbocycles. The molecule has 0 aromatic carbocycles. The van der Waals surface area contributed by atoms with Gasteiger partial charge in [0.1, 0.15) is 97.7 Å². The van der Waals surface area contributed by atoms with Crippen molar-refractivity contribution in [2.24, 2.45) is 46.3 Å². The van der Waals surface area contributed by atoms with Crippen molar-refractivity contribution in [1.29, 1.82) is 0 Å². The topological polar surface area (TPSA) is 376 Å². The van der Waals surface area contributed by atoms with Crippen molar-refractivity contribution >= 4 is 0 Å². The molecule has 8 rings (SSSR count). The molecule has 0 radical (unpaired) electrons. The van der Waals surface area contributed by atoms with Crippen LogP contribution < -0.4 is 0 Å². The molecule has 30 atom stereocenters. The number of aliphatic hydroxyl groups is 14. The van der Waals surface area contributed by atoms with Crippen LogP contribution in [-0.4, -0.2) is 259 Å². The number of hydrogen-bond acceptors (Lipinski definition) is 24. The number of rotatable bonds is 21. The van der Waals surface area contributed by atoms with E-state index in [0.717, 1.165) is 64.2 Å². The fraction of sp³-hybridized carbons (Fsp3) is 1.00. The molecule has 14 N–H and O–H groups in total. The summed E-state index contributed by atoms with van der Waals surface area (Å²) in [6, 6.07) is 0. The Bertz CT molecular complexity index is 1790. The molecule has 4 saturated heterocycles. The van der Waals surface area contributed by atoms with E-state index in [9.17, 15) is 71.5 Å². The monoisotopic (exact) mass is 1100 g/mol. The molecule has 24 nitrogen and oxygen atoms in total. The summed E-state index contributed by atoms with van der Waals surface area (Å²) in [6.45, 7) is 6.80. The van der Waals surface area contributed by atoms with Gasteiger partial charge in [-0.05, 0) is 79.4 Å². The van der Waals surface area contributed by atoms with Crippen LogP contribution >= 0.6 is 0 Å². The standard InChI is InChI=1S/C52H90O24/c1-5-8-23(2)25-10-11-26-34-27(18-33(52(25,26)4)68-14-16-70-48-44(66)40(62)46(32(22-56)74-48)76-50-42(64)38(60)36(58)30(20-54)72-50)51(3)12-7-6-9-24(51)17-28(34)67-13-15-69-47-43(65)39(61)45(31(21-55)73-47)75-49-41(63)37(59)35(57)29(19-53)71-49/h23-50,53-66H,5-22H2,1-4H3/t23-,24+,25-,26+,27+,28-,29?,30?,31?,32?,33+,34+,35-,36-,37+,38+,39-,40-,41?,42?,43?,44?,45-,46-,47-,48-,49-,50-,51+,52-/m1/s1. The minimum Gasteiger partial charge on any atom is -0.394 e. The van der Waals surface area contributed by atoms with Crippen LogP contribution in [0, 0.1) is 46.3 Å². The average molecular weight is 1100 g/mol. The molecular weight excluding hydrogens is 1010 g/mol. The SMILES string of the molecule is CCC[C@@H](C)[C@H]1CC[C@H]2[C@@H]3[C@H](OCCO[C@@H]4OC(CO)[C@@H](O[C@H]5OC(CO)[C@@H](O)[C@H](O)C5O)[C@H](O)C4O)C[C@@H]4CCCC[C@]4(C)[C@H]3C[C@H](OCCO[C@@H]3OC(CO)[C@@H](O[C@H]4OC(CO)[C@@H](O)[C@H](O)C4O)[C@H](O)C3O)[C@]12C. The van der Waals surface area contributed by atoms with Gasteiger partial charge in [0.25, 0.3) is 0 Å². The molecule has 76 heavy (non-hydrogen) atoms. The summed E-state index contributed by atoms with van der Waals surface area (Å²) in [5, 5.41) is 147. The largest absolute Gasteiger partial charge is 0.394 e. The first-order valence-corrected chi connectivity index (χ1v) is 27.9. The molecule has 0 aromatic rings. The van der Waals surface area contributed by atoms with Crippen molar-refractivity contribution in [1.82, 2.24) is 0 Å². The summed E-state index contributed by atoms with van der Waals surface area (Å²) in [6.07, 6.45) is -21.4. The second-order valence-electron chi connectivity index (χ2n) is 23.5. The summed E-state index contributed by atoms with van der Waals surface area (Å²) in [5.41, 5.74) is -0.233. The van der Waals surface area contributed by atoms with Gasteiger partial charge >= 0.3 is 0 Å². The van der Waals surface area contributed by atoms with Crippen LogP contribution in [0.3, 0.4) is 0 Å². The van der Waals surface area contributed by atoms with Gasteiger partial charge in [-0.1, -0.05) is 53.4 Å². The molecular formula is C52H90O24. The summed E-state index contributed by atoms with van der Waals surface area (Å²) in [7, 11) is 0. The average Bonchev–Trinajstić information content (AvgIpc) is 3.87. The zero-order valence-electron chi connectivity index (χ0n) is 44.2. The molecule has 442 valence electrons. The third-order valence-corrected chi connectivity index (χ3v) is 19.5. The van der Waals surface area contributed by atoms with E-state index in [0.29, 0.717) is 17.8 Å². The van der Waals surface area contributed by atoms with Crippen molar-refractivity contribution < 1.29 is 119 Å². The zero-order valence-corrected chi connectivity index (χ0v) is 44.2. The van der Waals surface area contributed by atoms with E-state index in [4.69, 9.17) is 47.4 Å². The van der Waals surface area contributed by atoms with Crippen molar-refractivity contribution in [3.05, 3.63) is 0 Å². The third kappa shape index (κ3) is 11.8. The minimum absolute atomic E-state index is 0.0219. The number of aliphatic hydroxyl groups excluding tert-OH is 14. The van der Waals surface area contributed by atoms with Crippen molar-refractivity contribution in [3.8, 4) is 0 Å². The minimum atomic E-state index is -1.79. The second kappa shape index (κ2) is 26.1. The Hall–Kier alpha value is -0.960. The lowest BCUT2D eigenvalue weighted by atomic mass is 9.43. The molecule has 0 spiro atoms. The summed E-state index contributed by atoms with van der Waals surface area (Å²) in [4.78, 5) is 0. The highest BCUT2D eigenvalue weighted by Gasteiger charge is 2.66. The Morgan fingerprint density at radius 3 is 1.47 bits per heavy atom. The highest BCUT2D eigenvalue weighted by Crippen LogP contribution is 2.69. The van der Waals surface area contributed by atoms with Gasteiger partial charge in [0.15, 0.2) is 25.2 Å². The van der Waals surface area contributed by atoms with Gasteiger partial charge in [-0.3, -0.25) is 0 Å². The summed E-state index contributed by atoms with van der Waals surface area (Å²) >= 11 is 0. The fourth-order valence-corrected chi connectivity index (χ4v) is 15.3. The molecule has 0 aromatic heterocycles. The van der Waals surface area contributed by atoms with Crippen LogP contribution in [0.1, 0.15) is 91.9 Å². The first kappa shape index (κ1) is 61.1. The van der Waals surface area contributed by atoms with Gasteiger partial charge in [-0.25, -0.2) is 0 Å². The molecule has 4 aliphatic heterocycles. The Labute approximate surface area is 444 Å². The maximum absolute atomic E-state index is 11.2. The van der Waals surface area contributed by atoms with Crippen LogP contribution in [0.25, 0.3) is 0 Å². The van der Waals surface area contributed by atoms with Gasteiger partial charge in [0, 0.05) is 5.41 Å². The number of ether oxygens (including phenoxy) is 10. The van der Waals surface area contributed by atoms with Crippen molar-refractivity contribution in [2.75, 3.05) is 52.9 Å². The second-order valence-corrected chi connectivity index (χ2v) is 23.5. The Kier molecular flexibility index (Phi) is 21.0. The lowest BCUT2D eigenvalue weighted by molar-refractivity contribution is -0.360. The molecule has 8 aliphatic rings. The Morgan fingerprint density at radius 1 is 0.500 bits per heavy atom. The Morgan fingerprint density at radius 2 is 0.974 bits per heavy atom. The lowest BCUT2D eigenvalue weighted by Crippen LogP contribution is -2.64. The van der Waals surface area contributed by atoms with Crippen LogP contribution in [0.5, 0.6) is 0 Å². The van der Waals surface area contributed by atoms with Crippen LogP contribution in [0.15, 0.2) is 0 Å². The van der Waals surface area contributed by atoms with Gasteiger partial charge in [0.05, 0.1) is 65.1 Å². The first-order chi connectivity index (χ1) is 36.3. The molecule has 4 aliphatic carbocycles. The van der Waals surface area contributed by atoms with Gasteiger partial charge in [-0.15, -0.1) is 0 Å². The fourth-order valence-electron chi connectivity index (χ4n) is 15.3. The van der Waals surface area contributed by atoms with Crippen LogP contribution in [0.4, 0.5) is 0 Å². The number of fused-ring (bicyclic) bond motifs is 5. The predicted molar refractivity (Wildman–Crippen MR) is 259 cm³/mol. The van der Waals surface area contributed by atoms with Gasteiger partial charge in [-0.2, -0.15) is 0 Å². The Balaban J connectivity index is 0.914. The zero-order chi connectivity index (χ0) is 55.0. The van der Waals surface area contributed by atoms with E-state index in [1.54, 1.807) is 0 Å². The van der Waals surface area contributed by atoms with E-state index in [1.165, 1.54) is 0 Å². The highest BCUT2D eigenvalue weighted by molar-refractivity contribution is 5.15. The smallest absolute Gasteiger partial charge is 0.187 e. The molecule has 4 heterocycles. The maximum Gasteiger partial charge on any atom is 0.187 e. The molecule has 0 bridgehead atoms. The lowest BCUT2D eigenvalue weighted by Gasteiger charge is -2.64. The van der Waals surface area contributed by atoms with Crippen molar-refractivity contribution in [3.63, 3.8) is 0 Å². The van der Waals surface area contributed by atoms with Crippen molar-refractivity contribution in [2.45, 2.75) is 227 Å². The van der Waals surface area contributed by atoms with E-state index < -0.39 is 149 Å². The molecule has 24 heteroatoms. The first-order valence-electron chi connectivity index (χ1n) is 27.9. The molecule has 0 amide bonds. The van der Waals surface area contributed by atoms with E-state index >= 15 is 0 Å².